The number of amides is 2. The number of benzene rings is 1. The lowest BCUT2D eigenvalue weighted by Crippen LogP contribution is -2.36. The van der Waals surface area contributed by atoms with Crippen molar-refractivity contribution in [1.29, 1.82) is 0 Å². The molecule has 0 saturated heterocycles. The maximum Gasteiger partial charge on any atom is 0.314 e. The van der Waals surface area contributed by atoms with Gasteiger partial charge in [-0.25, -0.2) is 9.78 Å². The Morgan fingerprint density at radius 2 is 1.96 bits per heavy atom. The second kappa shape index (κ2) is 8.74. The van der Waals surface area contributed by atoms with Crippen molar-refractivity contribution in [3.63, 3.8) is 0 Å². The normalized spacial score (nSPS) is 15.2. The molecule has 2 amide bonds. The van der Waals surface area contributed by atoms with Crippen molar-refractivity contribution >= 4 is 23.0 Å². The van der Waals surface area contributed by atoms with Gasteiger partial charge in [0.15, 0.2) is 0 Å². The number of nitrogens with one attached hydrogen (secondary N) is 3. The van der Waals surface area contributed by atoms with Gasteiger partial charge in [0, 0.05) is 25.7 Å². The van der Waals surface area contributed by atoms with E-state index in [2.05, 4.69) is 38.7 Å². The molecular weight excluding hydrogens is 314 g/mol. The monoisotopic (exact) mass is 343 g/mol. The molecule has 0 bridgehead atoms. The highest BCUT2D eigenvalue weighted by Gasteiger charge is 2.21. The first kappa shape index (κ1) is 17.6. The Labute approximate surface area is 149 Å². The van der Waals surface area contributed by atoms with Crippen LogP contribution in [-0.4, -0.2) is 35.2 Å². The average Bonchev–Trinajstić information content (AvgIpc) is 3.00. The van der Waals surface area contributed by atoms with E-state index in [1.807, 2.05) is 13.0 Å². The molecule has 0 atom stereocenters. The van der Waals surface area contributed by atoms with Crippen LogP contribution >= 0.6 is 0 Å². The van der Waals surface area contributed by atoms with Gasteiger partial charge >= 0.3 is 6.03 Å². The van der Waals surface area contributed by atoms with Crippen LogP contribution in [0.3, 0.4) is 0 Å². The van der Waals surface area contributed by atoms with Crippen molar-refractivity contribution in [2.45, 2.75) is 51.5 Å². The number of nitrogens with zero attached hydrogens (tertiary/aromatic N) is 2. The quantitative estimate of drug-likeness (QED) is 0.672. The van der Waals surface area contributed by atoms with Gasteiger partial charge in [-0.3, -0.25) is 0 Å². The number of hydrogen-bond acceptors (Lipinski definition) is 3. The number of rotatable bonds is 7. The highest BCUT2D eigenvalue weighted by molar-refractivity contribution is 5.78. The highest BCUT2D eigenvalue weighted by Crippen LogP contribution is 2.34. The zero-order valence-corrected chi connectivity index (χ0v) is 15.1. The number of carbonyl (C=O) groups is 1. The zero-order valence-electron chi connectivity index (χ0n) is 15.1. The minimum Gasteiger partial charge on any atom is -0.356 e. The van der Waals surface area contributed by atoms with Crippen molar-refractivity contribution in [2.75, 3.05) is 25.0 Å². The minimum atomic E-state index is -0.100. The first-order chi connectivity index (χ1) is 12.3. The summed E-state index contributed by atoms with van der Waals surface area (Å²) in [6.07, 6.45) is 7.27. The Morgan fingerprint density at radius 3 is 2.76 bits per heavy atom. The second-order valence-electron chi connectivity index (χ2n) is 6.65. The lowest BCUT2D eigenvalue weighted by Gasteiger charge is -2.25. The molecule has 136 valence electrons. The predicted molar refractivity (Wildman–Crippen MR) is 102 cm³/mol. The van der Waals surface area contributed by atoms with E-state index in [1.54, 1.807) is 0 Å². The summed E-state index contributed by atoms with van der Waals surface area (Å²) in [6, 6.07) is 8.81. The van der Waals surface area contributed by atoms with Crippen LogP contribution in [0.25, 0.3) is 11.0 Å². The summed E-state index contributed by atoms with van der Waals surface area (Å²) < 4.78 is 2.39. The molecule has 0 aliphatic heterocycles. The number of carbonyl (C=O) groups excluding carboxylic acids is 1. The first-order valence-corrected chi connectivity index (χ1v) is 9.52. The van der Waals surface area contributed by atoms with Crippen LogP contribution in [0, 0.1) is 0 Å². The fourth-order valence-electron chi connectivity index (χ4n) is 3.59. The fraction of sp³-hybridized carbons (Fsp3) is 0.579. The summed E-state index contributed by atoms with van der Waals surface area (Å²) in [5.74, 6) is 0.964. The van der Waals surface area contributed by atoms with E-state index in [1.165, 1.54) is 37.6 Å². The van der Waals surface area contributed by atoms with Crippen molar-refractivity contribution < 1.29 is 4.79 Å². The Balaban J connectivity index is 1.63. The maximum absolute atomic E-state index is 11.4. The summed E-state index contributed by atoms with van der Waals surface area (Å²) in [5.41, 5.74) is 2.27. The van der Waals surface area contributed by atoms with Crippen LogP contribution in [0.15, 0.2) is 24.3 Å². The molecule has 25 heavy (non-hydrogen) atoms. The smallest absolute Gasteiger partial charge is 0.314 e. The van der Waals surface area contributed by atoms with Crippen LogP contribution in [0.1, 0.15) is 51.5 Å². The SMILES string of the molecule is CCNC(=O)NCCCNc1nc2ccccc2n1C1CCCCC1. The number of fused-ring (bicyclic) bond motifs is 1. The molecule has 1 aliphatic carbocycles. The Bertz CT molecular complexity index is 690. The molecule has 0 spiro atoms. The first-order valence-electron chi connectivity index (χ1n) is 9.52. The minimum absolute atomic E-state index is 0.100. The Hall–Kier alpha value is -2.24. The van der Waals surface area contributed by atoms with Gasteiger partial charge in [-0.05, 0) is 38.3 Å². The van der Waals surface area contributed by atoms with E-state index < -0.39 is 0 Å². The number of hydrogen-bond donors (Lipinski definition) is 3. The molecule has 1 aromatic heterocycles. The predicted octanol–water partition coefficient (Wildman–Crippen LogP) is 3.66. The van der Waals surface area contributed by atoms with Crippen LogP contribution in [0.4, 0.5) is 10.7 Å². The van der Waals surface area contributed by atoms with E-state index in [0.717, 1.165) is 24.4 Å². The molecule has 3 rings (SSSR count). The van der Waals surface area contributed by atoms with Gasteiger partial charge in [0.05, 0.1) is 11.0 Å². The molecular formula is C19H29N5O. The van der Waals surface area contributed by atoms with Gasteiger partial charge in [-0.15, -0.1) is 0 Å². The van der Waals surface area contributed by atoms with Crippen molar-refractivity contribution in [2.24, 2.45) is 0 Å². The molecule has 3 N–H and O–H groups in total. The summed E-state index contributed by atoms with van der Waals surface area (Å²) in [6.45, 7) is 4.01. The van der Waals surface area contributed by atoms with Crippen LogP contribution in [-0.2, 0) is 0 Å². The molecule has 0 radical (unpaired) electrons. The Kier molecular flexibility index (Phi) is 6.14. The van der Waals surface area contributed by atoms with Crippen molar-refractivity contribution in [1.82, 2.24) is 20.2 Å². The molecule has 0 unspecified atom stereocenters. The van der Waals surface area contributed by atoms with Crippen LogP contribution in [0.5, 0.6) is 0 Å². The third kappa shape index (κ3) is 4.44. The number of imidazole rings is 1. The van der Waals surface area contributed by atoms with Gasteiger partial charge in [0.1, 0.15) is 0 Å². The molecule has 1 heterocycles. The summed E-state index contributed by atoms with van der Waals surface area (Å²) in [5, 5.41) is 9.08. The van der Waals surface area contributed by atoms with E-state index in [-0.39, 0.29) is 6.03 Å². The molecule has 6 heteroatoms. The van der Waals surface area contributed by atoms with Crippen molar-refractivity contribution in [3.8, 4) is 0 Å². The zero-order chi connectivity index (χ0) is 17.5. The van der Waals surface area contributed by atoms with E-state index in [9.17, 15) is 4.79 Å². The van der Waals surface area contributed by atoms with Gasteiger partial charge < -0.3 is 20.5 Å². The lowest BCUT2D eigenvalue weighted by molar-refractivity contribution is 0.241. The third-order valence-electron chi connectivity index (χ3n) is 4.80. The maximum atomic E-state index is 11.4. The number of anilines is 1. The summed E-state index contributed by atoms with van der Waals surface area (Å²) >= 11 is 0. The summed E-state index contributed by atoms with van der Waals surface area (Å²) in [7, 11) is 0. The highest BCUT2D eigenvalue weighted by atomic mass is 16.2. The van der Waals surface area contributed by atoms with Crippen molar-refractivity contribution in [3.05, 3.63) is 24.3 Å². The van der Waals surface area contributed by atoms with Gasteiger partial charge in [-0.1, -0.05) is 31.4 Å². The molecule has 1 aliphatic rings. The van der Waals surface area contributed by atoms with Crippen LogP contribution < -0.4 is 16.0 Å². The van der Waals surface area contributed by atoms with Gasteiger partial charge in [-0.2, -0.15) is 0 Å². The summed E-state index contributed by atoms with van der Waals surface area (Å²) in [4.78, 5) is 16.2. The number of aromatic nitrogens is 2. The van der Waals surface area contributed by atoms with E-state index in [4.69, 9.17) is 4.98 Å². The second-order valence-corrected chi connectivity index (χ2v) is 6.65. The average molecular weight is 343 g/mol. The largest absolute Gasteiger partial charge is 0.356 e. The molecule has 1 fully saturated rings. The standard InChI is InChI=1S/C19H29N5O/c1-2-20-19(25)22-14-8-13-21-18-23-16-11-6-7-12-17(16)24(18)15-9-4-3-5-10-15/h6-7,11-12,15H,2-5,8-10,13-14H2,1H3,(H,21,23)(H2,20,22,25). The molecule has 6 nitrogen and oxygen atoms in total. The number of para-hydroxylation sites is 2. The molecule has 2 aromatic rings. The van der Waals surface area contributed by atoms with Crippen LogP contribution in [0.2, 0.25) is 0 Å². The lowest BCUT2D eigenvalue weighted by atomic mass is 9.95. The van der Waals surface area contributed by atoms with Gasteiger partial charge in [0.25, 0.3) is 0 Å². The topological polar surface area (TPSA) is 71.0 Å². The fourth-order valence-corrected chi connectivity index (χ4v) is 3.59. The molecule has 1 saturated carbocycles. The Morgan fingerprint density at radius 1 is 1.16 bits per heavy atom. The van der Waals surface area contributed by atoms with E-state index >= 15 is 0 Å². The van der Waals surface area contributed by atoms with E-state index in [0.29, 0.717) is 19.1 Å². The third-order valence-corrected chi connectivity index (χ3v) is 4.80. The molecule has 1 aromatic carbocycles. The van der Waals surface area contributed by atoms with Gasteiger partial charge in [0.2, 0.25) is 5.95 Å². The number of urea groups is 1.